The number of aryl methyl sites for hydroxylation is 2. The average Bonchev–Trinajstić information content (AvgIpc) is 3.78. The molecule has 0 saturated heterocycles. The second-order valence-corrected chi connectivity index (χ2v) is 18.3. The van der Waals surface area contributed by atoms with Crippen LogP contribution in [0.1, 0.15) is 72.2 Å². The van der Waals surface area contributed by atoms with Crippen molar-refractivity contribution in [3.05, 3.63) is 105 Å². The molecule has 0 unspecified atom stereocenters. The normalized spacial score (nSPS) is 15.6. The molecule has 44 heavy (non-hydrogen) atoms. The molecule has 2 aliphatic rings. The predicted molar refractivity (Wildman–Crippen MR) is 198 cm³/mol. The minimum absolute atomic E-state index is 0.0348. The highest BCUT2D eigenvalue weighted by Crippen LogP contribution is 2.64. The Morgan fingerprint density at radius 2 is 0.841 bits per heavy atom. The van der Waals surface area contributed by atoms with Gasteiger partial charge >= 0.3 is 0 Å². The van der Waals surface area contributed by atoms with Crippen LogP contribution in [0.2, 0.25) is 0 Å². The van der Waals surface area contributed by atoms with Gasteiger partial charge in [-0.3, -0.25) is 0 Å². The summed E-state index contributed by atoms with van der Waals surface area (Å²) in [4.78, 5) is 8.58. The minimum Gasteiger partial charge on any atom is -0.134 e. The Bertz CT molecular complexity index is 2210. The van der Waals surface area contributed by atoms with Gasteiger partial charge in [0.05, 0.1) is 0 Å². The van der Waals surface area contributed by atoms with Crippen LogP contribution in [-0.4, -0.2) is 0 Å². The van der Waals surface area contributed by atoms with Crippen molar-refractivity contribution < 1.29 is 0 Å². The highest BCUT2D eigenvalue weighted by Gasteiger charge is 2.47. The van der Waals surface area contributed by atoms with Gasteiger partial charge in [-0.25, -0.2) is 0 Å². The molecular weight excluding hydrogens is 609 g/mol. The Labute approximate surface area is 275 Å². The largest absolute Gasteiger partial charge is 0.134 e. The van der Waals surface area contributed by atoms with E-state index in [1.54, 1.807) is 11.1 Å². The Kier molecular flexibility index (Phi) is 5.47. The van der Waals surface area contributed by atoms with E-state index in [-0.39, 0.29) is 10.8 Å². The molecule has 3 aromatic carbocycles. The van der Waals surface area contributed by atoms with Crippen molar-refractivity contribution in [2.45, 2.75) is 66.2 Å². The molecule has 2 aliphatic carbocycles. The fourth-order valence-electron chi connectivity index (χ4n) is 8.29. The van der Waals surface area contributed by atoms with Crippen LogP contribution < -0.4 is 0 Å². The smallest absolute Gasteiger partial charge is 0.0455 e. The van der Waals surface area contributed by atoms with Gasteiger partial charge in [-0.05, 0) is 119 Å². The highest BCUT2D eigenvalue weighted by atomic mass is 32.1. The standard InChI is InChI=1S/C40H34S4/c1-19-9-11-27-23(13-19)15-29(41-27)31-17-25-37(43-31)33-21(3)36-34(22(4)35(33)39(25,5)6)38-26(40(36,7)8)18-32(44-38)30-16-24-14-20(2)10-12-28(24)42-30/h9-18H,1-8H3. The molecule has 0 radical (unpaired) electrons. The van der Waals surface area contributed by atoms with E-state index >= 15 is 0 Å². The lowest BCUT2D eigenvalue weighted by Crippen LogP contribution is -2.20. The van der Waals surface area contributed by atoms with Crippen molar-refractivity contribution in [1.29, 1.82) is 0 Å². The third kappa shape index (κ3) is 3.49. The summed E-state index contributed by atoms with van der Waals surface area (Å²) >= 11 is 7.88. The van der Waals surface area contributed by atoms with E-state index in [2.05, 4.69) is 116 Å². The van der Waals surface area contributed by atoms with E-state index in [1.165, 1.54) is 93.9 Å². The molecule has 0 nitrogen and oxygen atoms in total. The fraction of sp³-hybridized carbons (Fsp3) is 0.250. The first-order valence-corrected chi connectivity index (χ1v) is 18.7. The van der Waals surface area contributed by atoms with Crippen LogP contribution in [0, 0.1) is 27.7 Å². The number of fused-ring (bicyclic) bond motifs is 8. The van der Waals surface area contributed by atoms with Gasteiger partial charge in [0.2, 0.25) is 0 Å². The van der Waals surface area contributed by atoms with E-state index in [0.717, 1.165) is 0 Å². The van der Waals surface area contributed by atoms with Gasteiger partial charge in [0.1, 0.15) is 0 Å². The highest BCUT2D eigenvalue weighted by molar-refractivity contribution is 7.28. The second kappa shape index (κ2) is 8.82. The molecular formula is C40H34S4. The molecule has 0 aliphatic heterocycles. The SMILES string of the molecule is Cc1ccc2sc(-c3cc4c(s3)-c3c(C)c5c(c(C)c3C4(C)C)-c3sc(-c4cc6cc(C)ccc6s4)cc3C5(C)C)cc2c1. The molecule has 0 saturated carbocycles. The molecule has 9 rings (SSSR count). The van der Waals surface area contributed by atoms with Crippen LogP contribution in [0.15, 0.2) is 60.7 Å². The lowest BCUT2D eigenvalue weighted by atomic mass is 9.74. The molecule has 0 N–H and O–H groups in total. The molecule has 0 bridgehead atoms. The quantitative estimate of drug-likeness (QED) is 0.176. The Morgan fingerprint density at radius 1 is 0.455 bits per heavy atom. The summed E-state index contributed by atoms with van der Waals surface area (Å²) in [6, 6.07) is 23.5. The van der Waals surface area contributed by atoms with Gasteiger partial charge in [0.15, 0.2) is 0 Å². The summed E-state index contributed by atoms with van der Waals surface area (Å²) in [5.41, 5.74) is 14.7. The number of rotatable bonds is 2. The molecule has 7 aromatic rings. The first-order valence-electron chi connectivity index (χ1n) is 15.4. The van der Waals surface area contributed by atoms with Crippen molar-refractivity contribution in [3.63, 3.8) is 0 Å². The van der Waals surface area contributed by atoms with Crippen molar-refractivity contribution in [2.75, 3.05) is 0 Å². The van der Waals surface area contributed by atoms with Crippen LogP contribution in [0.25, 0.3) is 60.6 Å². The maximum Gasteiger partial charge on any atom is 0.0455 e. The lowest BCUT2D eigenvalue weighted by Gasteiger charge is -2.29. The molecule has 218 valence electrons. The summed E-state index contributed by atoms with van der Waals surface area (Å²) in [7, 11) is 0. The zero-order valence-electron chi connectivity index (χ0n) is 26.4. The first kappa shape index (κ1) is 27.3. The van der Waals surface area contributed by atoms with E-state index in [4.69, 9.17) is 0 Å². The van der Waals surface area contributed by atoms with Gasteiger partial charge in [0.25, 0.3) is 0 Å². The van der Waals surface area contributed by atoms with Gasteiger partial charge < -0.3 is 0 Å². The van der Waals surface area contributed by atoms with E-state index < -0.39 is 0 Å². The van der Waals surface area contributed by atoms with Gasteiger partial charge in [-0.2, -0.15) is 0 Å². The van der Waals surface area contributed by atoms with Gasteiger partial charge in [0, 0.05) is 49.5 Å². The Morgan fingerprint density at radius 3 is 1.25 bits per heavy atom. The van der Waals surface area contributed by atoms with Crippen LogP contribution in [0.5, 0.6) is 0 Å². The maximum absolute atomic E-state index is 2.52. The maximum atomic E-state index is 2.52. The molecule has 0 atom stereocenters. The second-order valence-electron chi connectivity index (χ2n) is 14.0. The van der Waals surface area contributed by atoms with Gasteiger partial charge in [-0.1, -0.05) is 63.1 Å². The fourth-order valence-corrected chi connectivity index (χ4v) is 13.4. The topological polar surface area (TPSA) is 0 Å². The number of benzene rings is 3. The average molecular weight is 643 g/mol. The monoisotopic (exact) mass is 642 g/mol. The first-order chi connectivity index (χ1) is 20.9. The molecule has 0 amide bonds. The number of hydrogen-bond donors (Lipinski definition) is 0. The van der Waals surface area contributed by atoms with Gasteiger partial charge in [-0.15, -0.1) is 45.3 Å². The van der Waals surface area contributed by atoms with E-state index in [0.29, 0.717) is 0 Å². The molecule has 0 fully saturated rings. The number of thiophene rings is 4. The molecule has 4 aromatic heterocycles. The Balaban J connectivity index is 1.22. The summed E-state index contributed by atoms with van der Waals surface area (Å²) in [5, 5.41) is 2.72. The van der Waals surface area contributed by atoms with E-state index in [1.807, 2.05) is 45.3 Å². The number of hydrogen-bond acceptors (Lipinski definition) is 4. The van der Waals surface area contributed by atoms with Crippen LogP contribution in [0.3, 0.4) is 0 Å². The van der Waals surface area contributed by atoms with Crippen LogP contribution in [0.4, 0.5) is 0 Å². The Hall–Kier alpha value is -3.02. The summed E-state index contributed by atoms with van der Waals surface area (Å²) < 4.78 is 2.75. The van der Waals surface area contributed by atoms with Crippen molar-refractivity contribution in [1.82, 2.24) is 0 Å². The minimum atomic E-state index is -0.0348. The van der Waals surface area contributed by atoms with Crippen LogP contribution in [-0.2, 0) is 10.8 Å². The van der Waals surface area contributed by atoms with Crippen molar-refractivity contribution >= 4 is 65.5 Å². The van der Waals surface area contributed by atoms with Crippen molar-refractivity contribution in [3.8, 4) is 40.4 Å². The molecule has 4 heteroatoms. The van der Waals surface area contributed by atoms with Crippen LogP contribution >= 0.6 is 45.3 Å². The zero-order valence-corrected chi connectivity index (χ0v) is 29.7. The summed E-state index contributed by atoms with van der Waals surface area (Å²) in [6.45, 7) is 19.0. The lowest BCUT2D eigenvalue weighted by molar-refractivity contribution is 0.646. The zero-order chi connectivity index (χ0) is 30.4. The third-order valence-electron chi connectivity index (χ3n) is 10.3. The molecule has 0 spiro atoms. The van der Waals surface area contributed by atoms with E-state index in [9.17, 15) is 0 Å². The van der Waals surface area contributed by atoms with Crippen molar-refractivity contribution in [2.24, 2.45) is 0 Å². The summed E-state index contributed by atoms with van der Waals surface area (Å²) in [5.74, 6) is 0. The third-order valence-corrected chi connectivity index (χ3v) is 15.3. The molecule has 4 heterocycles. The summed E-state index contributed by atoms with van der Waals surface area (Å²) in [6.07, 6.45) is 0. The predicted octanol–water partition coefficient (Wildman–Crippen LogP) is 13.4.